The zero-order valence-corrected chi connectivity index (χ0v) is 15.4. The lowest BCUT2D eigenvalue weighted by Gasteiger charge is -2.37. The fourth-order valence-electron chi connectivity index (χ4n) is 4.02. The fraction of sp³-hybridized carbons (Fsp3) is 0.455. The van der Waals surface area contributed by atoms with E-state index in [0.717, 1.165) is 61.5 Å². The molecule has 0 unspecified atom stereocenters. The Morgan fingerprint density at radius 2 is 1.92 bits per heavy atom. The number of piperidine rings is 1. The van der Waals surface area contributed by atoms with Gasteiger partial charge in [0.1, 0.15) is 5.75 Å². The summed E-state index contributed by atoms with van der Waals surface area (Å²) >= 11 is 0. The van der Waals surface area contributed by atoms with Crippen LogP contribution in [0.25, 0.3) is 11.3 Å². The minimum Gasteiger partial charge on any atom is -0.496 e. The maximum Gasteiger partial charge on any atom is 0.225 e. The van der Waals surface area contributed by atoms with E-state index < -0.39 is 0 Å². The smallest absolute Gasteiger partial charge is 0.225 e. The number of ether oxygens (including phenoxy) is 1. The quantitative estimate of drug-likeness (QED) is 0.827. The molecule has 1 aromatic carbocycles. The van der Waals surface area contributed by atoms with Gasteiger partial charge in [-0.2, -0.15) is 0 Å². The third-order valence-electron chi connectivity index (χ3n) is 5.76. The Balaban J connectivity index is 1.55. The van der Waals surface area contributed by atoms with Crippen LogP contribution >= 0.6 is 0 Å². The number of carbonyl (C=O) groups excluding carboxylic acids is 1. The van der Waals surface area contributed by atoms with Crippen molar-refractivity contribution in [1.82, 2.24) is 9.88 Å². The highest BCUT2D eigenvalue weighted by Gasteiger charge is 2.32. The summed E-state index contributed by atoms with van der Waals surface area (Å²) in [6.45, 7) is 1.70. The molecule has 4 rings (SSSR count). The molecule has 1 aliphatic heterocycles. The van der Waals surface area contributed by atoms with Crippen LogP contribution in [0.15, 0.2) is 42.5 Å². The molecule has 1 amide bonds. The van der Waals surface area contributed by atoms with Gasteiger partial charge in [-0.15, -0.1) is 0 Å². The largest absolute Gasteiger partial charge is 0.496 e. The van der Waals surface area contributed by atoms with Crippen LogP contribution in [0.4, 0.5) is 0 Å². The van der Waals surface area contributed by atoms with E-state index in [0.29, 0.717) is 11.8 Å². The third kappa shape index (κ3) is 3.33. The van der Waals surface area contributed by atoms with Gasteiger partial charge in [-0.05, 0) is 49.9 Å². The van der Waals surface area contributed by atoms with Crippen LogP contribution in [0.2, 0.25) is 0 Å². The molecule has 4 heteroatoms. The number of nitrogens with zero attached hydrogens (tertiary/aromatic N) is 2. The minimum atomic E-state index is 0.279. The molecule has 2 aliphatic rings. The molecule has 2 aromatic rings. The molecule has 4 nitrogen and oxygen atoms in total. The van der Waals surface area contributed by atoms with E-state index in [1.165, 1.54) is 6.42 Å². The van der Waals surface area contributed by atoms with Crippen molar-refractivity contribution in [3.63, 3.8) is 0 Å². The van der Waals surface area contributed by atoms with E-state index in [4.69, 9.17) is 9.72 Å². The van der Waals surface area contributed by atoms with Crippen LogP contribution in [0.3, 0.4) is 0 Å². The Bertz CT molecular complexity index is 785. The van der Waals surface area contributed by atoms with E-state index in [9.17, 15) is 4.79 Å². The number of pyridine rings is 1. The highest BCUT2D eigenvalue weighted by Crippen LogP contribution is 2.33. The molecule has 2 fully saturated rings. The van der Waals surface area contributed by atoms with Crippen LogP contribution < -0.4 is 4.74 Å². The van der Waals surface area contributed by atoms with Crippen molar-refractivity contribution in [2.45, 2.75) is 38.0 Å². The van der Waals surface area contributed by atoms with Crippen LogP contribution in [0, 0.1) is 5.92 Å². The van der Waals surface area contributed by atoms with Gasteiger partial charge in [0.15, 0.2) is 0 Å². The number of likely N-dealkylation sites (tertiary alicyclic amines) is 1. The summed E-state index contributed by atoms with van der Waals surface area (Å²) in [6, 6.07) is 14.2. The Labute approximate surface area is 155 Å². The number of methoxy groups -OCH3 is 1. The topological polar surface area (TPSA) is 42.4 Å². The molecule has 0 spiro atoms. The van der Waals surface area contributed by atoms with Crippen LogP contribution in [0.5, 0.6) is 5.75 Å². The van der Waals surface area contributed by atoms with Crippen molar-refractivity contribution >= 4 is 5.91 Å². The molecule has 1 atom stereocenters. The van der Waals surface area contributed by atoms with Crippen molar-refractivity contribution < 1.29 is 9.53 Å². The van der Waals surface area contributed by atoms with Crippen LogP contribution in [0.1, 0.15) is 43.7 Å². The van der Waals surface area contributed by atoms with E-state index in [1.807, 2.05) is 30.3 Å². The molecule has 1 saturated heterocycles. The average molecular weight is 350 g/mol. The third-order valence-corrected chi connectivity index (χ3v) is 5.76. The van der Waals surface area contributed by atoms with Crippen molar-refractivity contribution in [1.29, 1.82) is 0 Å². The number of benzene rings is 1. The number of aromatic nitrogens is 1. The van der Waals surface area contributed by atoms with Gasteiger partial charge >= 0.3 is 0 Å². The van der Waals surface area contributed by atoms with Gasteiger partial charge in [0.25, 0.3) is 0 Å². The normalized spacial score (nSPS) is 20.5. The lowest BCUT2D eigenvalue weighted by molar-refractivity contribution is -0.139. The standard InChI is InChI=1S/C22H26N2O2/c1-26-21-13-3-2-10-18(21)20-12-5-11-19(23-20)17-9-6-14-24(15-17)22(25)16-7-4-8-16/h2-3,5,10-13,16-17H,4,6-9,14-15H2,1H3/t17-/m1/s1. The Hall–Kier alpha value is -2.36. The average Bonchev–Trinajstić information content (AvgIpc) is 2.67. The second kappa shape index (κ2) is 7.48. The number of hydrogen-bond donors (Lipinski definition) is 0. The van der Waals surface area contributed by atoms with Gasteiger partial charge in [-0.25, -0.2) is 0 Å². The first kappa shape index (κ1) is 17.1. The summed E-state index contributed by atoms with van der Waals surface area (Å²) in [7, 11) is 1.69. The van der Waals surface area contributed by atoms with E-state index in [2.05, 4.69) is 17.0 Å². The van der Waals surface area contributed by atoms with Gasteiger partial charge in [-0.3, -0.25) is 9.78 Å². The molecule has 2 heterocycles. The van der Waals surface area contributed by atoms with E-state index in [1.54, 1.807) is 7.11 Å². The zero-order chi connectivity index (χ0) is 17.9. The fourth-order valence-corrected chi connectivity index (χ4v) is 4.02. The molecule has 0 radical (unpaired) electrons. The highest BCUT2D eigenvalue weighted by molar-refractivity contribution is 5.79. The predicted molar refractivity (Wildman–Crippen MR) is 102 cm³/mol. The maximum absolute atomic E-state index is 12.6. The monoisotopic (exact) mass is 350 g/mol. The first-order valence-electron chi connectivity index (χ1n) is 9.65. The van der Waals surface area contributed by atoms with E-state index in [-0.39, 0.29) is 5.92 Å². The van der Waals surface area contributed by atoms with Crippen LogP contribution in [-0.2, 0) is 4.79 Å². The SMILES string of the molecule is COc1ccccc1-c1cccc([C@@H]2CCCN(C(=O)C3CCC3)C2)n1. The van der Waals surface area contributed by atoms with Crippen molar-refractivity contribution in [2.75, 3.05) is 20.2 Å². The first-order valence-corrected chi connectivity index (χ1v) is 9.65. The first-order chi connectivity index (χ1) is 12.8. The minimum absolute atomic E-state index is 0.279. The van der Waals surface area contributed by atoms with E-state index >= 15 is 0 Å². The molecule has 1 aromatic heterocycles. The highest BCUT2D eigenvalue weighted by atomic mass is 16.5. The molecular weight excluding hydrogens is 324 g/mol. The van der Waals surface area contributed by atoms with Gasteiger partial charge < -0.3 is 9.64 Å². The predicted octanol–water partition coefficient (Wildman–Crippen LogP) is 4.26. The number of amides is 1. The number of rotatable bonds is 4. The summed E-state index contributed by atoms with van der Waals surface area (Å²) in [5.74, 6) is 1.80. The Morgan fingerprint density at radius 1 is 1.08 bits per heavy atom. The van der Waals surface area contributed by atoms with Gasteiger partial charge in [0, 0.05) is 36.2 Å². The second-order valence-electron chi connectivity index (χ2n) is 7.40. The summed E-state index contributed by atoms with van der Waals surface area (Å²) < 4.78 is 5.49. The maximum atomic E-state index is 12.6. The molecule has 1 aliphatic carbocycles. The molecule has 0 N–H and O–H groups in total. The zero-order valence-electron chi connectivity index (χ0n) is 15.4. The summed E-state index contributed by atoms with van der Waals surface area (Å²) in [6.07, 6.45) is 5.50. The Kier molecular flexibility index (Phi) is 4.91. The lowest BCUT2D eigenvalue weighted by Crippen LogP contribution is -2.44. The second-order valence-corrected chi connectivity index (χ2v) is 7.40. The molecular formula is C22H26N2O2. The molecule has 26 heavy (non-hydrogen) atoms. The summed E-state index contributed by atoms with van der Waals surface area (Å²) in [4.78, 5) is 19.6. The number of carbonyl (C=O) groups is 1. The van der Waals surface area contributed by atoms with Gasteiger partial charge in [0.2, 0.25) is 5.91 Å². The lowest BCUT2D eigenvalue weighted by atomic mass is 9.83. The summed E-state index contributed by atoms with van der Waals surface area (Å²) in [5, 5.41) is 0. The van der Waals surface area contributed by atoms with Gasteiger partial charge in [0.05, 0.1) is 12.8 Å². The van der Waals surface area contributed by atoms with Gasteiger partial charge in [-0.1, -0.05) is 24.6 Å². The van der Waals surface area contributed by atoms with Crippen LogP contribution in [-0.4, -0.2) is 36.0 Å². The molecule has 0 bridgehead atoms. The molecule has 136 valence electrons. The van der Waals surface area contributed by atoms with Crippen molar-refractivity contribution in [2.24, 2.45) is 5.92 Å². The summed E-state index contributed by atoms with van der Waals surface area (Å²) in [5.41, 5.74) is 3.02. The Morgan fingerprint density at radius 3 is 2.69 bits per heavy atom. The number of hydrogen-bond acceptors (Lipinski definition) is 3. The number of para-hydroxylation sites is 1. The molecule has 1 saturated carbocycles. The van der Waals surface area contributed by atoms with Crippen molar-refractivity contribution in [3.8, 4) is 17.0 Å². The van der Waals surface area contributed by atoms with Crippen molar-refractivity contribution in [3.05, 3.63) is 48.2 Å².